The number of thiophene rings is 1. The van der Waals surface area contributed by atoms with E-state index in [0.29, 0.717) is 11.3 Å². The summed E-state index contributed by atoms with van der Waals surface area (Å²) < 4.78 is 27.2. The largest absolute Gasteiger partial charge is 0.392 e. The van der Waals surface area contributed by atoms with Gasteiger partial charge in [-0.05, 0) is 48.1 Å². The van der Waals surface area contributed by atoms with Gasteiger partial charge in [0, 0.05) is 0 Å². The number of nitrogens with one attached hydrogen (secondary N) is 1. The average Bonchev–Trinajstić information content (AvgIpc) is 2.84. The normalized spacial score (nSPS) is 11.5. The number of aryl methyl sites for hydroxylation is 1. The molecule has 0 aliphatic heterocycles. The van der Waals surface area contributed by atoms with Crippen LogP contribution < -0.4 is 4.72 Å². The quantitative estimate of drug-likeness (QED) is 0.911. The Labute approximate surface area is 116 Å². The van der Waals surface area contributed by atoms with Crippen molar-refractivity contribution in [3.05, 3.63) is 46.3 Å². The molecule has 2 rings (SSSR count). The summed E-state index contributed by atoms with van der Waals surface area (Å²) in [4.78, 5) is 0. The molecule has 1 heterocycles. The lowest BCUT2D eigenvalue weighted by Crippen LogP contribution is -2.12. The number of rotatable bonds is 4. The number of hydrogen-bond donors (Lipinski definition) is 2. The summed E-state index contributed by atoms with van der Waals surface area (Å²) in [6, 6.07) is 6.97. The van der Waals surface area contributed by atoms with Crippen molar-refractivity contribution in [1.82, 2.24) is 0 Å². The highest BCUT2D eigenvalue weighted by atomic mass is 32.2. The summed E-state index contributed by atoms with van der Waals surface area (Å²) in [7, 11) is -3.58. The molecule has 6 heteroatoms. The molecular weight excluding hydrogens is 282 g/mol. The van der Waals surface area contributed by atoms with Crippen LogP contribution in [-0.4, -0.2) is 13.5 Å². The van der Waals surface area contributed by atoms with Crippen LogP contribution in [0.4, 0.5) is 5.69 Å². The van der Waals surface area contributed by atoms with Crippen LogP contribution in [0.1, 0.15) is 16.7 Å². The van der Waals surface area contributed by atoms with Crippen molar-refractivity contribution in [2.24, 2.45) is 0 Å². The summed E-state index contributed by atoms with van der Waals surface area (Å²) in [5.74, 6) is 0. The number of aliphatic hydroxyl groups is 1. The fraction of sp³-hybridized carbons (Fsp3) is 0.231. The number of hydrogen-bond acceptors (Lipinski definition) is 4. The average molecular weight is 297 g/mol. The summed E-state index contributed by atoms with van der Waals surface area (Å²) in [5, 5.41) is 10.6. The summed E-state index contributed by atoms with van der Waals surface area (Å²) >= 11 is 1.10. The third-order valence-electron chi connectivity index (χ3n) is 2.93. The van der Waals surface area contributed by atoms with Crippen molar-refractivity contribution >= 4 is 27.0 Å². The monoisotopic (exact) mass is 297 g/mol. The second-order valence-electron chi connectivity index (χ2n) is 4.29. The van der Waals surface area contributed by atoms with E-state index in [4.69, 9.17) is 5.11 Å². The SMILES string of the molecule is Cc1cccc(NS(=O)(=O)c2cc(CO)cs2)c1C. The second kappa shape index (κ2) is 5.32. The van der Waals surface area contributed by atoms with Crippen LogP contribution in [-0.2, 0) is 16.6 Å². The Kier molecular flexibility index (Phi) is 3.93. The Bertz CT molecular complexity index is 690. The van der Waals surface area contributed by atoms with Gasteiger partial charge in [-0.1, -0.05) is 12.1 Å². The van der Waals surface area contributed by atoms with Gasteiger partial charge in [0.05, 0.1) is 12.3 Å². The lowest BCUT2D eigenvalue weighted by molar-refractivity contribution is 0.282. The molecule has 0 radical (unpaired) electrons. The van der Waals surface area contributed by atoms with Crippen LogP contribution >= 0.6 is 11.3 Å². The molecule has 0 amide bonds. The van der Waals surface area contributed by atoms with E-state index in [-0.39, 0.29) is 10.8 Å². The molecule has 0 unspecified atom stereocenters. The minimum Gasteiger partial charge on any atom is -0.392 e. The zero-order chi connectivity index (χ0) is 14.0. The van der Waals surface area contributed by atoms with E-state index in [0.717, 1.165) is 22.5 Å². The molecule has 0 fully saturated rings. The van der Waals surface area contributed by atoms with E-state index in [1.807, 2.05) is 26.0 Å². The first-order chi connectivity index (χ1) is 8.94. The summed E-state index contributed by atoms with van der Waals surface area (Å²) in [6.45, 7) is 3.65. The first-order valence-electron chi connectivity index (χ1n) is 5.71. The molecular formula is C13H15NO3S2. The topological polar surface area (TPSA) is 66.4 Å². The van der Waals surface area contributed by atoms with E-state index >= 15 is 0 Å². The number of benzene rings is 1. The molecule has 1 aromatic carbocycles. The van der Waals surface area contributed by atoms with Crippen molar-refractivity contribution in [2.45, 2.75) is 24.7 Å². The molecule has 0 atom stereocenters. The standard InChI is InChI=1S/C13H15NO3S2/c1-9-4-3-5-12(10(9)2)14-19(16,17)13-6-11(7-15)8-18-13/h3-6,8,14-15H,7H2,1-2H3. The maximum atomic E-state index is 12.2. The minimum atomic E-state index is -3.58. The molecule has 2 N–H and O–H groups in total. The number of sulfonamides is 1. The minimum absolute atomic E-state index is 0.157. The Morgan fingerprint density at radius 3 is 2.68 bits per heavy atom. The predicted octanol–water partition coefficient (Wildman–Crippen LogP) is 2.66. The molecule has 0 aliphatic carbocycles. The molecule has 2 aromatic rings. The highest BCUT2D eigenvalue weighted by Crippen LogP contribution is 2.25. The van der Waals surface area contributed by atoms with Gasteiger partial charge in [0.25, 0.3) is 10.0 Å². The third-order valence-corrected chi connectivity index (χ3v) is 5.78. The lowest BCUT2D eigenvalue weighted by atomic mass is 10.1. The smallest absolute Gasteiger partial charge is 0.271 e. The van der Waals surface area contributed by atoms with Crippen molar-refractivity contribution in [3.8, 4) is 0 Å². The van der Waals surface area contributed by atoms with Gasteiger partial charge in [-0.2, -0.15) is 0 Å². The van der Waals surface area contributed by atoms with Gasteiger partial charge in [-0.25, -0.2) is 8.42 Å². The van der Waals surface area contributed by atoms with E-state index in [9.17, 15) is 8.42 Å². The van der Waals surface area contributed by atoms with Crippen LogP contribution in [0, 0.1) is 13.8 Å². The molecule has 0 bridgehead atoms. The van der Waals surface area contributed by atoms with E-state index in [1.54, 1.807) is 11.4 Å². The molecule has 19 heavy (non-hydrogen) atoms. The van der Waals surface area contributed by atoms with E-state index in [1.165, 1.54) is 6.07 Å². The van der Waals surface area contributed by atoms with Gasteiger partial charge < -0.3 is 5.11 Å². The Balaban J connectivity index is 2.33. The summed E-state index contributed by atoms with van der Waals surface area (Å²) in [5.41, 5.74) is 3.12. The van der Waals surface area contributed by atoms with E-state index in [2.05, 4.69) is 4.72 Å². The Morgan fingerprint density at radius 2 is 2.05 bits per heavy atom. The molecule has 0 spiro atoms. The molecule has 1 aromatic heterocycles. The van der Waals surface area contributed by atoms with Crippen LogP contribution in [0.3, 0.4) is 0 Å². The zero-order valence-electron chi connectivity index (χ0n) is 10.7. The van der Waals surface area contributed by atoms with Gasteiger partial charge in [0.1, 0.15) is 4.21 Å². The van der Waals surface area contributed by atoms with Crippen LogP contribution in [0.15, 0.2) is 33.9 Å². The Hall–Kier alpha value is -1.37. The zero-order valence-corrected chi connectivity index (χ0v) is 12.3. The first kappa shape index (κ1) is 14.0. The third kappa shape index (κ3) is 2.97. The van der Waals surface area contributed by atoms with Crippen LogP contribution in [0.5, 0.6) is 0 Å². The predicted molar refractivity (Wildman–Crippen MR) is 77.0 cm³/mol. The van der Waals surface area contributed by atoms with Crippen molar-refractivity contribution in [3.63, 3.8) is 0 Å². The fourth-order valence-electron chi connectivity index (χ4n) is 1.63. The molecule has 0 aliphatic rings. The van der Waals surface area contributed by atoms with Crippen LogP contribution in [0.2, 0.25) is 0 Å². The molecule has 102 valence electrons. The van der Waals surface area contributed by atoms with Crippen molar-refractivity contribution in [2.75, 3.05) is 4.72 Å². The van der Waals surface area contributed by atoms with Crippen LogP contribution in [0.25, 0.3) is 0 Å². The number of aliphatic hydroxyl groups excluding tert-OH is 1. The molecule has 4 nitrogen and oxygen atoms in total. The summed E-state index contributed by atoms with van der Waals surface area (Å²) in [6.07, 6.45) is 0. The Morgan fingerprint density at radius 1 is 1.32 bits per heavy atom. The molecule has 0 saturated heterocycles. The van der Waals surface area contributed by atoms with Crippen molar-refractivity contribution < 1.29 is 13.5 Å². The second-order valence-corrected chi connectivity index (χ2v) is 7.11. The lowest BCUT2D eigenvalue weighted by Gasteiger charge is -2.10. The maximum absolute atomic E-state index is 12.2. The highest BCUT2D eigenvalue weighted by molar-refractivity contribution is 7.94. The maximum Gasteiger partial charge on any atom is 0.271 e. The van der Waals surface area contributed by atoms with E-state index < -0.39 is 10.0 Å². The first-order valence-corrected chi connectivity index (χ1v) is 8.07. The highest BCUT2D eigenvalue weighted by Gasteiger charge is 2.17. The molecule has 0 saturated carbocycles. The van der Waals surface area contributed by atoms with Gasteiger partial charge in [-0.15, -0.1) is 11.3 Å². The van der Waals surface area contributed by atoms with Gasteiger partial charge in [0.15, 0.2) is 0 Å². The van der Waals surface area contributed by atoms with Crippen molar-refractivity contribution in [1.29, 1.82) is 0 Å². The van der Waals surface area contributed by atoms with Gasteiger partial charge in [-0.3, -0.25) is 4.72 Å². The fourth-order valence-corrected chi connectivity index (χ4v) is 3.96. The van der Waals surface area contributed by atoms with Gasteiger partial charge >= 0.3 is 0 Å². The number of anilines is 1. The van der Waals surface area contributed by atoms with Gasteiger partial charge in [0.2, 0.25) is 0 Å².